The Kier molecular flexibility index (Phi) is 4.94. The van der Waals surface area contributed by atoms with Gasteiger partial charge in [-0.1, -0.05) is 0 Å². The summed E-state index contributed by atoms with van der Waals surface area (Å²) in [5, 5.41) is 12.8. The number of nitrogens with one attached hydrogen (secondary N) is 1. The van der Waals surface area contributed by atoms with Gasteiger partial charge >= 0.3 is 0 Å². The van der Waals surface area contributed by atoms with Crippen LogP contribution >= 0.6 is 0 Å². The SMILES string of the molecule is Nc1c(NCCCOCCO)ccc2ncccc12. The summed E-state index contributed by atoms with van der Waals surface area (Å²) < 4.78 is 5.19. The molecule has 4 N–H and O–H groups in total. The quantitative estimate of drug-likeness (QED) is 0.521. The zero-order chi connectivity index (χ0) is 13.5. The van der Waals surface area contributed by atoms with Crippen LogP contribution in [0.15, 0.2) is 30.5 Å². The maximum Gasteiger partial charge on any atom is 0.0724 e. The molecular weight excluding hydrogens is 242 g/mol. The van der Waals surface area contributed by atoms with Crippen molar-refractivity contribution < 1.29 is 9.84 Å². The molecule has 0 saturated heterocycles. The highest BCUT2D eigenvalue weighted by atomic mass is 16.5. The Morgan fingerprint density at radius 1 is 1.26 bits per heavy atom. The molecule has 0 atom stereocenters. The van der Waals surface area contributed by atoms with Crippen molar-refractivity contribution in [2.45, 2.75) is 6.42 Å². The Bertz CT molecular complexity index is 531. The van der Waals surface area contributed by atoms with E-state index in [1.54, 1.807) is 6.20 Å². The van der Waals surface area contributed by atoms with Gasteiger partial charge in [-0.15, -0.1) is 0 Å². The van der Waals surface area contributed by atoms with Crippen LogP contribution in [0.2, 0.25) is 0 Å². The number of ether oxygens (including phenoxy) is 1. The summed E-state index contributed by atoms with van der Waals surface area (Å²) >= 11 is 0. The van der Waals surface area contributed by atoms with E-state index in [1.165, 1.54) is 0 Å². The first-order chi connectivity index (χ1) is 9.33. The first-order valence-corrected chi connectivity index (χ1v) is 6.38. The number of benzene rings is 1. The van der Waals surface area contributed by atoms with Crippen molar-refractivity contribution in [2.75, 3.05) is 37.4 Å². The summed E-state index contributed by atoms with van der Waals surface area (Å²) in [5.74, 6) is 0. The Balaban J connectivity index is 1.92. The number of hydrogen-bond acceptors (Lipinski definition) is 5. The van der Waals surface area contributed by atoms with Gasteiger partial charge in [0.1, 0.15) is 0 Å². The smallest absolute Gasteiger partial charge is 0.0724 e. The minimum Gasteiger partial charge on any atom is -0.397 e. The summed E-state index contributed by atoms with van der Waals surface area (Å²) in [6.45, 7) is 1.87. The number of aromatic nitrogens is 1. The first-order valence-electron chi connectivity index (χ1n) is 6.38. The maximum atomic E-state index is 8.57. The number of nitrogen functional groups attached to an aromatic ring is 1. The fourth-order valence-electron chi connectivity index (χ4n) is 1.89. The third-order valence-electron chi connectivity index (χ3n) is 2.84. The fourth-order valence-corrected chi connectivity index (χ4v) is 1.89. The summed E-state index contributed by atoms with van der Waals surface area (Å²) in [5.41, 5.74) is 8.66. The highest BCUT2D eigenvalue weighted by Gasteiger charge is 2.03. The van der Waals surface area contributed by atoms with Gasteiger partial charge in [0.15, 0.2) is 0 Å². The third-order valence-corrected chi connectivity index (χ3v) is 2.84. The molecule has 5 heteroatoms. The summed E-state index contributed by atoms with van der Waals surface area (Å²) in [6, 6.07) is 7.74. The highest BCUT2D eigenvalue weighted by molar-refractivity contribution is 5.96. The summed E-state index contributed by atoms with van der Waals surface area (Å²) in [6.07, 6.45) is 2.62. The van der Waals surface area contributed by atoms with E-state index in [1.807, 2.05) is 24.3 Å². The van der Waals surface area contributed by atoms with Crippen LogP contribution in [-0.4, -0.2) is 36.5 Å². The molecule has 0 fully saturated rings. The molecule has 102 valence electrons. The molecule has 2 rings (SSSR count). The molecule has 0 spiro atoms. The lowest BCUT2D eigenvalue weighted by molar-refractivity contribution is 0.0922. The number of nitrogens with two attached hydrogens (primary N) is 1. The molecule has 0 unspecified atom stereocenters. The first kappa shape index (κ1) is 13.6. The van der Waals surface area contributed by atoms with Gasteiger partial charge in [-0.2, -0.15) is 0 Å². The average molecular weight is 261 g/mol. The molecule has 2 aromatic rings. The lowest BCUT2D eigenvalue weighted by Crippen LogP contribution is -2.09. The van der Waals surface area contributed by atoms with Gasteiger partial charge in [0, 0.05) is 24.7 Å². The third kappa shape index (κ3) is 3.56. The van der Waals surface area contributed by atoms with E-state index < -0.39 is 0 Å². The van der Waals surface area contributed by atoms with Crippen LogP contribution in [0.25, 0.3) is 10.9 Å². The minimum absolute atomic E-state index is 0.0675. The molecule has 5 nitrogen and oxygen atoms in total. The van der Waals surface area contributed by atoms with E-state index in [2.05, 4.69) is 10.3 Å². The molecule has 0 radical (unpaired) electrons. The van der Waals surface area contributed by atoms with Crippen molar-refractivity contribution in [1.82, 2.24) is 4.98 Å². The van der Waals surface area contributed by atoms with Crippen LogP contribution in [0.1, 0.15) is 6.42 Å². The van der Waals surface area contributed by atoms with Crippen molar-refractivity contribution in [3.05, 3.63) is 30.5 Å². The Morgan fingerprint density at radius 3 is 3.00 bits per heavy atom. The van der Waals surface area contributed by atoms with Gasteiger partial charge in [-0.05, 0) is 30.7 Å². The number of nitrogens with zero attached hydrogens (tertiary/aromatic N) is 1. The number of aliphatic hydroxyl groups excluding tert-OH is 1. The van der Waals surface area contributed by atoms with Gasteiger partial charge in [0.25, 0.3) is 0 Å². The van der Waals surface area contributed by atoms with Crippen LogP contribution in [0.5, 0.6) is 0 Å². The maximum absolute atomic E-state index is 8.57. The largest absolute Gasteiger partial charge is 0.397 e. The van der Waals surface area contributed by atoms with Gasteiger partial charge in [0.05, 0.1) is 30.1 Å². The minimum atomic E-state index is 0.0675. The molecule has 0 amide bonds. The van der Waals surface area contributed by atoms with Gasteiger partial charge in [-0.25, -0.2) is 0 Å². The predicted molar refractivity (Wildman–Crippen MR) is 77.2 cm³/mol. The second kappa shape index (κ2) is 6.92. The highest BCUT2D eigenvalue weighted by Crippen LogP contribution is 2.27. The molecule has 0 saturated carbocycles. The van der Waals surface area contributed by atoms with Gasteiger partial charge in [-0.3, -0.25) is 4.98 Å². The predicted octanol–water partition coefficient (Wildman–Crippen LogP) is 1.63. The number of hydrogen-bond donors (Lipinski definition) is 3. The van der Waals surface area contributed by atoms with Crippen molar-refractivity contribution in [3.8, 4) is 0 Å². The monoisotopic (exact) mass is 261 g/mol. The molecular formula is C14H19N3O2. The van der Waals surface area contributed by atoms with E-state index >= 15 is 0 Å². The van der Waals surface area contributed by atoms with Crippen molar-refractivity contribution in [1.29, 1.82) is 0 Å². The molecule has 0 aliphatic rings. The number of fused-ring (bicyclic) bond motifs is 1. The second-order valence-electron chi connectivity index (χ2n) is 4.21. The molecule has 1 aromatic heterocycles. The number of pyridine rings is 1. The van der Waals surface area contributed by atoms with Crippen LogP contribution in [-0.2, 0) is 4.74 Å². The number of anilines is 2. The normalized spacial score (nSPS) is 10.8. The van der Waals surface area contributed by atoms with Crippen molar-refractivity contribution in [3.63, 3.8) is 0 Å². The second-order valence-corrected chi connectivity index (χ2v) is 4.21. The Morgan fingerprint density at radius 2 is 2.16 bits per heavy atom. The lowest BCUT2D eigenvalue weighted by Gasteiger charge is -2.11. The Hall–Kier alpha value is -1.85. The Labute approximate surface area is 112 Å². The standard InChI is InChI=1S/C14H19N3O2/c15-14-11-3-1-6-16-12(11)4-5-13(14)17-7-2-9-19-10-8-18/h1,3-6,17-18H,2,7-10,15H2. The molecule has 19 heavy (non-hydrogen) atoms. The summed E-state index contributed by atoms with van der Waals surface area (Å²) in [7, 11) is 0. The van der Waals surface area contributed by atoms with Crippen LogP contribution < -0.4 is 11.1 Å². The van der Waals surface area contributed by atoms with Crippen LogP contribution in [0.3, 0.4) is 0 Å². The van der Waals surface area contributed by atoms with Crippen molar-refractivity contribution >= 4 is 22.3 Å². The topological polar surface area (TPSA) is 80.4 Å². The van der Waals surface area contributed by atoms with E-state index in [4.69, 9.17) is 15.6 Å². The van der Waals surface area contributed by atoms with E-state index in [-0.39, 0.29) is 6.61 Å². The van der Waals surface area contributed by atoms with Crippen LogP contribution in [0, 0.1) is 0 Å². The zero-order valence-electron chi connectivity index (χ0n) is 10.8. The number of aliphatic hydroxyl groups is 1. The van der Waals surface area contributed by atoms with Crippen LogP contribution in [0.4, 0.5) is 11.4 Å². The lowest BCUT2D eigenvalue weighted by atomic mass is 10.1. The van der Waals surface area contributed by atoms with E-state index in [0.29, 0.717) is 13.2 Å². The van der Waals surface area contributed by atoms with E-state index in [9.17, 15) is 0 Å². The molecule has 1 heterocycles. The molecule has 0 aliphatic heterocycles. The summed E-state index contributed by atoms with van der Waals surface area (Å²) in [4.78, 5) is 4.26. The van der Waals surface area contributed by atoms with Gasteiger partial charge in [0.2, 0.25) is 0 Å². The number of rotatable bonds is 7. The zero-order valence-corrected chi connectivity index (χ0v) is 10.8. The van der Waals surface area contributed by atoms with E-state index in [0.717, 1.165) is 35.2 Å². The molecule has 0 bridgehead atoms. The van der Waals surface area contributed by atoms with Crippen molar-refractivity contribution in [2.24, 2.45) is 0 Å². The molecule has 1 aromatic carbocycles. The van der Waals surface area contributed by atoms with Gasteiger partial charge < -0.3 is 20.9 Å². The molecule has 0 aliphatic carbocycles. The average Bonchev–Trinajstić information content (AvgIpc) is 2.45. The fraction of sp³-hybridized carbons (Fsp3) is 0.357.